The summed E-state index contributed by atoms with van der Waals surface area (Å²) >= 11 is 0. The molecule has 0 spiro atoms. The van der Waals surface area contributed by atoms with Gasteiger partial charge in [-0.2, -0.15) is 13.2 Å². The summed E-state index contributed by atoms with van der Waals surface area (Å²) in [5.41, 5.74) is -0.00590. The predicted octanol–water partition coefficient (Wildman–Crippen LogP) is 3.21. The molecule has 2 aromatic carbocycles. The lowest BCUT2D eigenvalue weighted by Gasteiger charge is -2.09. The summed E-state index contributed by atoms with van der Waals surface area (Å²) in [6.45, 7) is 2.32. The summed E-state index contributed by atoms with van der Waals surface area (Å²) in [6.07, 6.45) is -4.10. The van der Waals surface area contributed by atoms with Gasteiger partial charge < -0.3 is 16.0 Å². The maximum atomic E-state index is 12.6. The van der Waals surface area contributed by atoms with Gasteiger partial charge in [-0.15, -0.1) is 0 Å². The fraction of sp³-hybridized carbons (Fsp3) is 0.250. The zero-order chi connectivity index (χ0) is 21.4. The van der Waals surface area contributed by atoms with Gasteiger partial charge in [0.15, 0.2) is 0 Å². The Morgan fingerprint density at radius 1 is 0.793 bits per heavy atom. The second-order valence-electron chi connectivity index (χ2n) is 6.07. The molecule has 6 nitrogen and oxygen atoms in total. The van der Waals surface area contributed by atoms with E-state index in [2.05, 4.69) is 16.0 Å². The first-order chi connectivity index (χ1) is 13.7. The summed E-state index contributed by atoms with van der Waals surface area (Å²) in [7, 11) is 0. The molecule has 29 heavy (non-hydrogen) atoms. The predicted molar refractivity (Wildman–Crippen MR) is 101 cm³/mol. The summed E-state index contributed by atoms with van der Waals surface area (Å²) < 4.78 is 37.7. The van der Waals surface area contributed by atoms with Gasteiger partial charge >= 0.3 is 6.18 Å². The summed E-state index contributed by atoms with van der Waals surface area (Å²) in [4.78, 5) is 35.3. The fourth-order valence-corrected chi connectivity index (χ4v) is 2.32. The van der Waals surface area contributed by atoms with Crippen molar-refractivity contribution in [3.05, 3.63) is 65.2 Å². The summed E-state index contributed by atoms with van der Waals surface area (Å²) in [5.74, 6) is -1.01. The highest BCUT2D eigenvalue weighted by atomic mass is 19.4. The highest BCUT2D eigenvalue weighted by Gasteiger charge is 2.30. The lowest BCUT2D eigenvalue weighted by atomic mass is 10.1. The van der Waals surface area contributed by atoms with Crippen molar-refractivity contribution < 1.29 is 27.6 Å². The molecular weight excluding hydrogens is 387 g/mol. The highest BCUT2D eigenvalue weighted by Crippen LogP contribution is 2.29. The van der Waals surface area contributed by atoms with Crippen LogP contribution in [0.15, 0.2) is 48.5 Å². The molecular formula is C20H20F3N3O3. The molecule has 0 aliphatic rings. The minimum Gasteiger partial charge on any atom is -0.354 e. The number of hydrogen-bond acceptors (Lipinski definition) is 3. The molecule has 0 saturated carbocycles. The molecule has 0 unspecified atom stereocenters. The topological polar surface area (TPSA) is 87.3 Å². The van der Waals surface area contributed by atoms with E-state index in [0.29, 0.717) is 24.2 Å². The molecule has 0 aliphatic heterocycles. The van der Waals surface area contributed by atoms with Gasteiger partial charge in [-0.1, -0.05) is 6.92 Å². The molecule has 3 amide bonds. The van der Waals surface area contributed by atoms with Gasteiger partial charge in [-0.05, 0) is 48.5 Å². The molecule has 0 bridgehead atoms. The van der Waals surface area contributed by atoms with E-state index in [0.717, 1.165) is 24.3 Å². The number of halogens is 3. The smallest absolute Gasteiger partial charge is 0.354 e. The number of benzene rings is 2. The zero-order valence-electron chi connectivity index (χ0n) is 15.6. The molecule has 0 heterocycles. The van der Waals surface area contributed by atoms with Crippen LogP contribution in [0.4, 0.5) is 18.9 Å². The monoisotopic (exact) mass is 407 g/mol. The van der Waals surface area contributed by atoms with Gasteiger partial charge in [0.2, 0.25) is 5.91 Å². The van der Waals surface area contributed by atoms with Crippen molar-refractivity contribution in [2.45, 2.75) is 19.5 Å². The van der Waals surface area contributed by atoms with Crippen LogP contribution in [0.1, 0.15) is 39.6 Å². The number of nitrogens with one attached hydrogen (secondary N) is 3. The minimum absolute atomic E-state index is 0.0777. The first kappa shape index (κ1) is 21.9. The van der Waals surface area contributed by atoms with Crippen LogP contribution in [0.2, 0.25) is 0 Å². The third kappa shape index (κ3) is 6.63. The van der Waals surface area contributed by atoms with Crippen LogP contribution in [0.5, 0.6) is 0 Å². The Morgan fingerprint density at radius 3 is 1.86 bits per heavy atom. The van der Waals surface area contributed by atoms with Gasteiger partial charge in [0.05, 0.1) is 5.56 Å². The summed E-state index contributed by atoms with van der Waals surface area (Å²) in [6, 6.07) is 9.89. The van der Waals surface area contributed by atoms with Crippen molar-refractivity contribution in [1.29, 1.82) is 0 Å². The Bertz CT molecular complexity index is 863. The molecule has 2 aromatic rings. The van der Waals surface area contributed by atoms with Crippen molar-refractivity contribution >= 4 is 23.4 Å². The first-order valence-corrected chi connectivity index (χ1v) is 8.84. The SMILES string of the molecule is CCC(=O)NCCNC(=O)c1ccc(NC(=O)c2ccc(C(F)(F)F)cc2)cc1. The van der Waals surface area contributed by atoms with E-state index in [4.69, 9.17) is 0 Å². The van der Waals surface area contributed by atoms with Crippen molar-refractivity contribution in [1.82, 2.24) is 10.6 Å². The standard InChI is InChI=1S/C20H20F3N3O3/c1-2-17(27)24-11-12-25-18(28)13-5-9-16(10-6-13)26-19(29)14-3-7-15(8-4-14)20(21,22)23/h3-10H,2,11-12H2,1H3,(H,24,27)(H,25,28)(H,26,29). The second kappa shape index (κ2) is 9.72. The maximum Gasteiger partial charge on any atom is 0.416 e. The van der Waals surface area contributed by atoms with Crippen LogP contribution in [0.25, 0.3) is 0 Å². The van der Waals surface area contributed by atoms with Crippen LogP contribution < -0.4 is 16.0 Å². The van der Waals surface area contributed by atoms with E-state index >= 15 is 0 Å². The molecule has 0 aromatic heterocycles. The Morgan fingerprint density at radius 2 is 1.31 bits per heavy atom. The van der Waals surface area contributed by atoms with E-state index in [1.807, 2.05) is 0 Å². The third-order valence-electron chi connectivity index (χ3n) is 3.93. The van der Waals surface area contributed by atoms with Gasteiger partial charge in [0.1, 0.15) is 0 Å². The Hall–Kier alpha value is -3.36. The van der Waals surface area contributed by atoms with Crippen molar-refractivity contribution in [2.24, 2.45) is 0 Å². The van der Waals surface area contributed by atoms with Crippen molar-refractivity contribution in [2.75, 3.05) is 18.4 Å². The quantitative estimate of drug-likeness (QED) is 0.616. The molecule has 3 N–H and O–H groups in total. The van der Waals surface area contributed by atoms with Crippen LogP contribution in [0, 0.1) is 0 Å². The normalized spacial score (nSPS) is 10.9. The van der Waals surface area contributed by atoms with Gasteiger partial charge in [-0.25, -0.2) is 0 Å². The molecule has 0 radical (unpaired) electrons. The van der Waals surface area contributed by atoms with Gasteiger partial charge in [0.25, 0.3) is 11.8 Å². The lowest BCUT2D eigenvalue weighted by Crippen LogP contribution is -2.34. The van der Waals surface area contributed by atoms with E-state index in [1.165, 1.54) is 24.3 Å². The molecule has 2 rings (SSSR count). The number of rotatable bonds is 7. The minimum atomic E-state index is -4.47. The number of amides is 3. The second-order valence-corrected chi connectivity index (χ2v) is 6.07. The van der Waals surface area contributed by atoms with Crippen LogP contribution in [0.3, 0.4) is 0 Å². The van der Waals surface area contributed by atoms with Crippen molar-refractivity contribution in [3.8, 4) is 0 Å². The molecule has 0 saturated heterocycles. The molecule has 0 aliphatic carbocycles. The zero-order valence-corrected chi connectivity index (χ0v) is 15.6. The lowest BCUT2D eigenvalue weighted by molar-refractivity contribution is -0.137. The Labute approximate surface area is 165 Å². The maximum absolute atomic E-state index is 12.6. The van der Waals surface area contributed by atoms with E-state index in [9.17, 15) is 27.6 Å². The first-order valence-electron chi connectivity index (χ1n) is 8.84. The van der Waals surface area contributed by atoms with Crippen LogP contribution in [-0.2, 0) is 11.0 Å². The van der Waals surface area contributed by atoms with Crippen LogP contribution >= 0.6 is 0 Å². The van der Waals surface area contributed by atoms with Gasteiger partial charge in [0, 0.05) is 36.3 Å². The van der Waals surface area contributed by atoms with Crippen LogP contribution in [-0.4, -0.2) is 30.8 Å². The largest absolute Gasteiger partial charge is 0.416 e. The number of carbonyl (C=O) groups excluding carboxylic acids is 3. The number of anilines is 1. The van der Waals surface area contributed by atoms with E-state index < -0.39 is 17.6 Å². The average molecular weight is 407 g/mol. The number of alkyl halides is 3. The highest BCUT2D eigenvalue weighted by molar-refractivity contribution is 6.04. The molecule has 0 fully saturated rings. The molecule has 154 valence electrons. The van der Waals surface area contributed by atoms with Crippen molar-refractivity contribution in [3.63, 3.8) is 0 Å². The van der Waals surface area contributed by atoms with E-state index in [-0.39, 0.29) is 23.9 Å². The third-order valence-corrected chi connectivity index (χ3v) is 3.93. The van der Waals surface area contributed by atoms with E-state index in [1.54, 1.807) is 6.92 Å². The number of carbonyl (C=O) groups is 3. The fourth-order valence-electron chi connectivity index (χ4n) is 2.32. The Kier molecular flexibility index (Phi) is 7.35. The average Bonchev–Trinajstić information content (AvgIpc) is 2.70. The Balaban J connectivity index is 1.89. The van der Waals surface area contributed by atoms with Gasteiger partial charge in [-0.3, -0.25) is 14.4 Å². The molecule has 9 heteroatoms. The number of hydrogen-bond donors (Lipinski definition) is 3. The molecule has 0 atom stereocenters. The summed E-state index contributed by atoms with van der Waals surface area (Å²) in [5, 5.41) is 7.84.